The van der Waals surface area contributed by atoms with E-state index in [0.717, 1.165) is 24.2 Å². The van der Waals surface area contributed by atoms with Gasteiger partial charge in [-0.2, -0.15) is 0 Å². The van der Waals surface area contributed by atoms with Gasteiger partial charge in [0.15, 0.2) is 0 Å². The summed E-state index contributed by atoms with van der Waals surface area (Å²) in [5, 5.41) is 18.3. The van der Waals surface area contributed by atoms with E-state index in [1.165, 1.54) is 0 Å². The lowest BCUT2D eigenvalue weighted by Gasteiger charge is -2.31. The molecule has 1 N–H and O–H groups in total. The van der Waals surface area contributed by atoms with Crippen LogP contribution >= 0.6 is 0 Å². The first-order valence-electron chi connectivity index (χ1n) is 9.21. The fourth-order valence-electron chi connectivity index (χ4n) is 3.48. The van der Waals surface area contributed by atoms with Gasteiger partial charge in [-0.25, -0.2) is 9.67 Å². The van der Waals surface area contributed by atoms with Crippen LogP contribution in [-0.2, 0) is 5.60 Å². The number of fused-ring (bicyclic) bond motifs is 1. The van der Waals surface area contributed by atoms with Gasteiger partial charge >= 0.3 is 0 Å². The first-order chi connectivity index (χ1) is 12.8. The van der Waals surface area contributed by atoms with E-state index in [1.54, 1.807) is 20.0 Å². The highest BCUT2D eigenvalue weighted by atomic mass is 16.3. The smallest absolute Gasteiger partial charge is 0.274 e. The molecule has 0 aromatic carbocycles. The number of imidazole rings is 1. The van der Waals surface area contributed by atoms with Gasteiger partial charge in [-0.1, -0.05) is 11.3 Å². The fraction of sp³-hybridized carbons (Fsp3) is 0.474. The van der Waals surface area contributed by atoms with Crippen molar-refractivity contribution in [3.63, 3.8) is 0 Å². The molecule has 1 fully saturated rings. The number of rotatable bonds is 3. The van der Waals surface area contributed by atoms with Crippen molar-refractivity contribution in [2.75, 3.05) is 13.1 Å². The second kappa shape index (κ2) is 6.45. The predicted molar refractivity (Wildman–Crippen MR) is 99.4 cm³/mol. The lowest BCUT2D eigenvalue weighted by Crippen LogP contribution is -2.39. The molecule has 0 aliphatic carbocycles. The van der Waals surface area contributed by atoms with E-state index in [-0.39, 0.29) is 11.9 Å². The summed E-state index contributed by atoms with van der Waals surface area (Å²) in [6.45, 7) is 6.68. The number of amides is 1. The molecule has 0 atom stereocenters. The third-order valence-corrected chi connectivity index (χ3v) is 5.18. The van der Waals surface area contributed by atoms with E-state index >= 15 is 0 Å². The minimum absolute atomic E-state index is 0.0349. The lowest BCUT2D eigenvalue weighted by molar-refractivity contribution is 0.0684. The van der Waals surface area contributed by atoms with Crippen LogP contribution in [0.4, 0.5) is 0 Å². The molecule has 142 valence electrons. The molecule has 8 heteroatoms. The van der Waals surface area contributed by atoms with Gasteiger partial charge in [-0.15, -0.1) is 5.10 Å². The average Bonchev–Trinajstić information content (AvgIpc) is 3.29. The van der Waals surface area contributed by atoms with E-state index in [9.17, 15) is 9.90 Å². The summed E-state index contributed by atoms with van der Waals surface area (Å²) in [4.78, 5) is 19.2. The molecule has 4 rings (SSSR count). The van der Waals surface area contributed by atoms with Crippen LogP contribution in [0.15, 0.2) is 30.6 Å². The Bertz CT molecular complexity index is 976. The predicted octanol–water partition coefficient (Wildman–Crippen LogP) is 1.94. The maximum Gasteiger partial charge on any atom is 0.274 e. The number of carbonyl (C=O) groups is 1. The Morgan fingerprint density at radius 1 is 1.22 bits per heavy atom. The molecule has 0 spiro atoms. The van der Waals surface area contributed by atoms with E-state index in [1.807, 2.05) is 45.3 Å². The first kappa shape index (κ1) is 17.7. The van der Waals surface area contributed by atoms with Crippen LogP contribution in [0, 0.1) is 6.92 Å². The molecular formula is C19H24N6O2. The van der Waals surface area contributed by atoms with Crippen LogP contribution in [0.3, 0.4) is 0 Å². The molecule has 4 heterocycles. The number of likely N-dealkylation sites (tertiary alicyclic amines) is 1. The zero-order valence-corrected chi connectivity index (χ0v) is 15.8. The average molecular weight is 368 g/mol. The highest BCUT2D eigenvalue weighted by molar-refractivity contribution is 5.93. The molecule has 1 aliphatic heterocycles. The van der Waals surface area contributed by atoms with E-state index in [2.05, 4.69) is 15.3 Å². The van der Waals surface area contributed by atoms with Crippen molar-refractivity contribution in [3.05, 3.63) is 47.7 Å². The largest absolute Gasteiger partial charge is 0.384 e. The summed E-state index contributed by atoms with van der Waals surface area (Å²) >= 11 is 0. The molecule has 3 aromatic heterocycles. The highest BCUT2D eigenvalue weighted by Gasteiger charge is 2.28. The van der Waals surface area contributed by atoms with Crippen LogP contribution in [0.2, 0.25) is 0 Å². The number of pyridine rings is 1. The Labute approximate surface area is 157 Å². The van der Waals surface area contributed by atoms with Crippen molar-refractivity contribution in [1.82, 2.24) is 29.3 Å². The van der Waals surface area contributed by atoms with Gasteiger partial charge in [0.25, 0.3) is 5.91 Å². The fourth-order valence-corrected chi connectivity index (χ4v) is 3.48. The summed E-state index contributed by atoms with van der Waals surface area (Å²) in [5.41, 5.74) is 1.87. The van der Waals surface area contributed by atoms with Gasteiger partial charge in [-0.3, -0.25) is 4.79 Å². The van der Waals surface area contributed by atoms with Crippen LogP contribution in [-0.4, -0.2) is 53.4 Å². The van der Waals surface area contributed by atoms with Crippen molar-refractivity contribution in [2.45, 2.75) is 45.3 Å². The topological polar surface area (TPSA) is 88.5 Å². The highest BCUT2D eigenvalue weighted by Crippen LogP contribution is 2.25. The Morgan fingerprint density at radius 3 is 2.59 bits per heavy atom. The van der Waals surface area contributed by atoms with Crippen LogP contribution < -0.4 is 0 Å². The van der Waals surface area contributed by atoms with Gasteiger partial charge in [-0.05, 0) is 45.7 Å². The van der Waals surface area contributed by atoms with Crippen LogP contribution in [0.5, 0.6) is 0 Å². The normalized spacial score (nSPS) is 16.2. The van der Waals surface area contributed by atoms with Crippen molar-refractivity contribution < 1.29 is 9.90 Å². The minimum Gasteiger partial charge on any atom is -0.384 e. The van der Waals surface area contributed by atoms with Gasteiger partial charge in [0, 0.05) is 25.0 Å². The number of carbonyl (C=O) groups excluding carboxylic acids is 1. The molecule has 8 nitrogen and oxygen atoms in total. The molecule has 1 amide bonds. The molecule has 0 bridgehead atoms. The summed E-state index contributed by atoms with van der Waals surface area (Å²) in [6.07, 6.45) is 5.21. The monoisotopic (exact) mass is 368 g/mol. The molecule has 0 saturated carbocycles. The number of hydrogen-bond acceptors (Lipinski definition) is 5. The van der Waals surface area contributed by atoms with Crippen molar-refractivity contribution in [1.29, 1.82) is 0 Å². The maximum atomic E-state index is 12.8. The Morgan fingerprint density at radius 2 is 1.96 bits per heavy atom. The summed E-state index contributed by atoms with van der Waals surface area (Å²) < 4.78 is 3.75. The summed E-state index contributed by atoms with van der Waals surface area (Å²) in [7, 11) is 0. The van der Waals surface area contributed by atoms with Crippen molar-refractivity contribution in [2.24, 2.45) is 0 Å². The molecule has 0 unspecified atom stereocenters. The molecule has 27 heavy (non-hydrogen) atoms. The summed E-state index contributed by atoms with van der Waals surface area (Å²) in [6, 6.07) is 6.02. The van der Waals surface area contributed by atoms with E-state index in [0.29, 0.717) is 24.5 Å². The number of aromatic nitrogens is 5. The second-order valence-electron chi connectivity index (χ2n) is 7.69. The Balaban J connectivity index is 1.44. The minimum atomic E-state index is -1.00. The summed E-state index contributed by atoms with van der Waals surface area (Å²) in [5.74, 6) is -0.0349. The lowest BCUT2D eigenvalue weighted by atomic mass is 10.0. The quantitative estimate of drug-likeness (QED) is 0.763. The maximum absolute atomic E-state index is 12.8. The van der Waals surface area contributed by atoms with Gasteiger partial charge in [0.1, 0.15) is 22.6 Å². The van der Waals surface area contributed by atoms with E-state index in [4.69, 9.17) is 0 Å². The number of piperidine rings is 1. The standard InChI is InChI=1S/C19H24N6O2/c1-13-5-4-6-17-20-15(11-24(13)17)18(26)23-9-7-14(8-10-23)25-12-16(21-22-25)19(2,3)27/h4-6,11-12,14,27H,7-10H2,1-3H3. The van der Waals surface area contributed by atoms with Crippen molar-refractivity contribution in [3.8, 4) is 0 Å². The van der Waals surface area contributed by atoms with Gasteiger partial charge in [0.05, 0.1) is 12.2 Å². The Hall–Kier alpha value is -2.74. The molecule has 1 saturated heterocycles. The second-order valence-corrected chi connectivity index (χ2v) is 7.69. The number of hydrogen-bond donors (Lipinski definition) is 1. The van der Waals surface area contributed by atoms with Gasteiger partial charge < -0.3 is 14.4 Å². The molecule has 0 radical (unpaired) electrons. The molecular weight excluding hydrogens is 344 g/mol. The van der Waals surface area contributed by atoms with Gasteiger partial charge in [0.2, 0.25) is 0 Å². The van der Waals surface area contributed by atoms with Crippen LogP contribution in [0.25, 0.3) is 5.65 Å². The third-order valence-electron chi connectivity index (χ3n) is 5.18. The number of aryl methyl sites for hydroxylation is 1. The number of nitrogens with zero attached hydrogens (tertiary/aromatic N) is 6. The SMILES string of the molecule is Cc1cccc2nc(C(=O)N3CCC(n4cc(C(C)(C)O)nn4)CC3)cn12. The zero-order chi connectivity index (χ0) is 19.2. The molecule has 3 aromatic rings. The van der Waals surface area contributed by atoms with E-state index < -0.39 is 5.60 Å². The van der Waals surface area contributed by atoms with Crippen LogP contribution in [0.1, 0.15) is 54.6 Å². The third kappa shape index (κ3) is 3.32. The van der Waals surface area contributed by atoms with Crippen molar-refractivity contribution >= 4 is 11.6 Å². The Kier molecular flexibility index (Phi) is 4.22. The number of aliphatic hydroxyl groups is 1. The first-order valence-corrected chi connectivity index (χ1v) is 9.21. The molecule has 1 aliphatic rings. The zero-order valence-electron chi connectivity index (χ0n) is 15.8.